The van der Waals surface area contributed by atoms with Gasteiger partial charge in [0.25, 0.3) is 0 Å². The predicted molar refractivity (Wildman–Crippen MR) is 69.4 cm³/mol. The van der Waals surface area contributed by atoms with Crippen molar-refractivity contribution in [2.24, 2.45) is 0 Å². The number of halogens is 2. The van der Waals surface area contributed by atoms with Crippen LogP contribution in [0.3, 0.4) is 0 Å². The fraction of sp³-hybridized carbons (Fsp3) is 0.429. The van der Waals surface area contributed by atoms with Gasteiger partial charge in [0, 0.05) is 13.1 Å². The van der Waals surface area contributed by atoms with Crippen molar-refractivity contribution in [2.45, 2.75) is 18.9 Å². The lowest BCUT2D eigenvalue weighted by Crippen LogP contribution is -2.44. The van der Waals surface area contributed by atoms with Gasteiger partial charge in [0.1, 0.15) is 11.6 Å². The molecule has 1 saturated heterocycles. The molecule has 2 rings (SSSR count). The molecule has 1 unspecified atom stereocenters. The first-order chi connectivity index (χ1) is 9.52. The van der Waals surface area contributed by atoms with E-state index in [0.29, 0.717) is 19.0 Å². The van der Waals surface area contributed by atoms with Gasteiger partial charge in [-0.15, -0.1) is 0 Å². The van der Waals surface area contributed by atoms with Crippen LogP contribution in [-0.4, -0.2) is 42.8 Å². The molecule has 1 atom stereocenters. The Hall–Kier alpha value is -1.82. The maximum atomic E-state index is 13.5. The number of hydrogen-bond acceptors (Lipinski definition) is 3. The quantitative estimate of drug-likeness (QED) is 0.848. The van der Waals surface area contributed by atoms with Crippen molar-refractivity contribution in [3.8, 4) is 0 Å². The Morgan fingerprint density at radius 1 is 1.40 bits per heavy atom. The zero-order chi connectivity index (χ0) is 14.7. The number of likely N-dealkylation sites (tertiary alicyclic amines) is 1. The first kappa shape index (κ1) is 14.6. The molecular formula is C14H16F2N2O2. The van der Waals surface area contributed by atoms with E-state index < -0.39 is 17.4 Å². The SMILES string of the molecule is CNC(=O)C1CCCN1CC(=O)c1ccc(F)cc1F. The molecule has 0 aliphatic carbocycles. The van der Waals surface area contributed by atoms with Crippen LogP contribution in [0, 0.1) is 11.6 Å². The molecule has 1 heterocycles. The Morgan fingerprint density at radius 3 is 2.80 bits per heavy atom. The van der Waals surface area contributed by atoms with Crippen LogP contribution in [0.15, 0.2) is 18.2 Å². The summed E-state index contributed by atoms with van der Waals surface area (Å²) in [5.41, 5.74) is -0.144. The van der Waals surface area contributed by atoms with Gasteiger partial charge in [-0.3, -0.25) is 14.5 Å². The Balaban J connectivity index is 2.09. The number of carbonyl (C=O) groups is 2. The Morgan fingerprint density at radius 2 is 2.15 bits per heavy atom. The summed E-state index contributed by atoms with van der Waals surface area (Å²) in [4.78, 5) is 25.4. The fourth-order valence-corrected chi connectivity index (χ4v) is 2.46. The molecule has 1 aliphatic rings. The average molecular weight is 282 g/mol. The lowest BCUT2D eigenvalue weighted by atomic mass is 10.1. The van der Waals surface area contributed by atoms with Crippen molar-refractivity contribution in [3.63, 3.8) is 0 Å². The van der Waals surface area contributed by atoms with E-state index in [1.807, 2.05) is 0 Å². The largest absolute Gasteiger partial charge is 0.358 e. The summed E-state index contributed by atoms with van der Waals surface area (Å²) in [7, 11) is 1.54. The molecule has 1 aliphatic heterocycles. The van der Waals surface area contributed by atoms with Crippen LogP contribution in [0.2, 0.25) is 0 Å². The Kier molecular flexibility index (Phi) is 4.44. The second-order valence-electron chi connectivity index (χ2n) is 4.79. The van der Waals surface area contributed by atoms with Crippen LogP contribution in [0.25, 0.3) is 0 Å². The van der Waals surface area contributed by atoms with E-state index in [0.717, 1.165) is 18.6 Å². The molecule has 0 aromatic heterocycles. The summed E-state index contributed by atoms with van der Waals surface area (Å²) in [6.07, 6.45) is 1.50. The monoisotopic (exact) mass is 282 g/mol. The first-order valence-corrected chi connectivity index (χ1v) is 6.47. The van der Waals surface area contributed by atoms with E-state index in [1.54, 1.807) is 11.9 Å². The average Bonchev–Trinajstić information content (AvgIpc) is 2.85. The summed E-state index contributed by atoms with van der Waals surface area (Å²) in [6, 6.07) is 2.52. The predicted octanol–water partition coefficient (Wildman–Crippen LogP) is 1.36. The summed E-state index contributed by atoms with van der Waals surface area (Å²) in [6.45, 7) is 0.577. The first-order valence-electron chi connectivity index (χ1n) is 6.47. The number of Topliss-reactive ketones (excluding diaryl/α,β-unsaturated/α-hetero) is 1. The second-order valence-corrected chi connectivity index (χ2v) is 4.79. The van der Waals surface area contributed by atoms with E-state index in [9.17, 15) is 18.4 Å². The van der Waals surface area contributed by atoms with Crippen LogP contribution < -0.4 is 5.32 Å². The summed E-state index contributed by atoms with van der Waals surface area (Å²) < 4.78 is 26.4. The third-order valence-corrected chi connectivity index (χ3v) is 3.49. The number of hydrogen-bond donors (Lipinski definition) is 1. The Bertz CT molecular complexity index is 534. The van der Waals surface area contributed by atoms with Crippen molar-refractivity contribution < 1.29 is 18.4 Å². The number of nitrogens with zero attached hydrogens (tertiary/aromatic N) is 1. The number of ketones is 1. The Labute approximate surface area is 115 Å². The van der Waals surface area contributed by atoms with Crippen molar-refractivity contribution in [1.29, 1.82) is 0 Å². The van der Waals surface area contributed by atoms with Gasteiger partial charge in [-0.2, -0.15) is 0 Å². The van der Waals surface area contributed by atoms with E-state index in [1.165, 1.54) is 0 Å². The third kappa shape index (κ3) is 3.01. The minimum absolute atomic E-state index is 0.0410. The number of amides is 1. The minimum Gasteiger partial charge on any atom is -0.358 e. The maximum Gasteiger partial charge on any atom is 0.237 e. The minimum atomic E-state index is -0.870. The topological polar surface area (TPSA) is 49.4 Å². The molecule has 4 nitrogen and oxygen atoms in total. The van der Waals surface area contributed by atoms with Crippen molar-refractivity contribution >= 4 is 11.7 Å². The molecule has 20 heavy (non-hydrogen) atoms. The van der Waals surface area contributed by atoms with Crippen LogP contribution >= 0.6 is 0 Å². The van der Waals surface area contributed by atoms with Crippen molar-refractivity contribution in [2.75, 3.05) is 20.1 Å². The zero-order valence-electron chi connectivity index (χ0n) is 11.2. The molecule has 0 radical (unpaired) electrons. The number of carbonyl (C=O) groups excluding carboxylic acids is 2. The number of benzene rings is 1. The standard InChI is InChI=1S/C14H16F2N2O2/c1-17-14(20)12-3-2-6-18(12)8-13(19)10-5-4-9(15)7-11(10)16/h4-5,7,12H,2-3,6,8H2,1H3,(H,17,20). The smallest absolute Gasteiger partial charge is 0.237 e. The van der Waals surface area contributed by atoms with Crippen molar-refractivity contribution in [1.82, 2.24) is 10.2 Å². The zero-order valence-corrected chi connectivity index (χ0v) is 11.2. The molecule has 0 saturated carbocycles. The van der Waals surface area contributed by atoms with E-state index >= 15 is 0 Å². The van der Waals surface area contributed by atoms with Gasteiger partial charge in [-0.05, 0) is 31.5 Å². The molecule has 1 amide bonds. The lowest BCUT2D eigenvalue weighted by molar-refractivity contribution is -0.124. The number of rotatable bonds is 4. The molecule has 108 valence electrons. The van der Waals surface area contributed by atoms with E-state index in [2.05, 4.69) is 5.32 Å². The molecule has 1 fully saturated rings. The van der Waals surface area contributed by atoms with E-state index in [4.69, 9.17) is 0 Å². The van der Waals surface area contributed by atoms with Gasteiger partial charge in [-0.25, -0.2) is 8.78 Å². The van der Waals surface area contributed by atoms with Gasteiger partial charge in [-0.1, -0.05) is 0 Å². The maximum absolute atomic E-state index is 13.5. The van der Waals surface area contributed by atoms with Crippen LogP contribution in [0.5, 0.6) is 0 Å². The highest BCUT2D eigenvalue weighted by Crippen LogP contribution is 2.19. The molecule has 1 aromatic rings. The highest BCUT2D eigenvalue weighted by Gasteiger charge is 2.31. The van der Waals surface area contributed by atoms with E-state index in [-0.39, 0.29) is 24.1 Å². The van der Waals surface area contributed by atoms with Gasteiger partial charge >= 0.3 is 0 Å². The lowest BCUT2D eigenvalue weighted by Gasteiger charge is -2.22. The highest BCUT2D eigenvalue weighted by molar-refractivity contribution is 5.98. The molecule has 1 aromatic carbocycles. The number of likely N-dealkylation sites (N-methyl/N-ethyl adjacent to an activating group) is 1. The molecule has 6 heteroatoms. The summed E-state index contributed by atoms with van der Waals surface area (Å²) in [5, 5.41) is 2.55. The van der Waals surface area contributed by atoms with Gasteiger partial charge in [0.2, 0.25) is 5.91 Å². The van der Waals surface area contributed by atoms with Crippen LogP contribution in [0.1, 0.15) is 23.2 Å². The molecule has 1 N–H and O–H groups in total. The highest BCUT2D eigenvalue weighted by atomic mass is 19.1. The summed E-state index contributed by atoms with van der Waals surface area (Å²) >= 11 is 0. The van der Waals surface area contributed by atoms with Crippen molar-refractivity contribution in [3.05, 3.63) is 35.4 Å². The summed E-state index contributed by atoms with van der Waals surface area (Å²) in [5.74, 6) is -2.18. The fourth-order valence-electron chi connectivity index (χ4n) is 2.46. The molecule has 0 bridgehead atoms. The number of nitrogens with one attached hydrogen (secondary N) is 1. The van der Waals surface area contributed by atoms with Crippen LogP contribution in [-0.2, 0) is 4.79 Å². The second kappa shape index (κ2) is 6.09. The van der Waals surface area contributed by atoms with Gasteiger partial charge in [0.15, 0.2) is 5.78 Å². The molecular weight excluding hydrogens is 266 g/mol. The van der Waals surface area contributed by atoms with Crippen LogP contribution in [0.4, 0.5) is 8.78 Å². The normalized spacial score (nSPS) is 19.1. The van der Waals surface area contributed by atoms with Gasteiger partial charge < -0.3 is 5.32 Å². The van der Waals surface area contributed by atoms with Gasteiger partial charge in [0.05, 0.1) is 18.2 Å². The molecule has 0 spiro atoms. The third-order valence-electron chi connectivity index (χ3n) is 3.49.